The maximum atomic E-state index is 11.0. The summed E-state index contributed by atoms with van der Waals surface area (Å²) in [4.78, 5) is 11.3. The molecule has 1 amide bonds. The smallest absolute Gasteiger partial charge is 0.248 e. The molecule has 0 aliphatic heterocycles. The molecule has 0 saturated carbocycles. The summed E-state index contributed by atoms with van der Waals surface area (Å²) in [5.41, 5.74) is 5.44. The van der Waals surface area contributed by atoms with Gasteiger partial charge in [0, 0.05) is 27.5 Å². The molecule has 0 heterocycles. The van der Waals surface area contributed by atoms with Crippen molar-refractivity contribution in [2.75, 3.05) is 6.26 Å². The van der Waals surface area contributed by atoms with Gasteiger partial charge in [-0.05, 0) is 18.2 Å². The molecule has 1 rings (SSSR count). The minimum absolute atomic E-state index is 0.391. The SMILES string of the molecule is CS(=O)c1cccc(C(N)=O)c1. The number of benzene rings is 1. The van der Waals surface area contributed by atoms with Crippen molar-refractivity contribution < 1.29 is 9.00 Å². The number of carbonyl (C=O) groups is 1. The van der Waals surface area contributed by atoms with Crippen molar-refractivity contribution in [1.82, 2.24) is 0 Å². The molecule has 0 aliphatic carbocycles. The van der Waals surface area contributed by atoms with Crippen LogP contribution in [0.3, 0.4) is 0 Å². The van der Waals surface area contributed by atoms with Crippen molar-refractivity contribution >= 4 is 16.7 Å². The van der Waals surface area contributed by atoms with Gasteiger partial charge in [0.1, 0.15) is 0 Å². The van der Waals surface area contributed by atoms with E-state index in [4.69, 9.17) is 5.73 Å². The van der Waals surface area contributed by atoms with Crippen LogP contribution in [-0.2, 0) is 10.8 Å². The van der Waals surface area contributed by atoms with E-state index in [-0.39, 0.29) is 0 Å². The summed E-state index contributed by atoms with van der Waals surface area (Å²) < 4.78 is 11.0. The minimum atomic E-state index is -1.06. The van der Waals surface area contributed by atoms with E-state index in [0.717, 1.165) is 0 Å². The molecule has 4 heteroatoms. The number of hydrogen-bond donors (Lipinski definition) is 1. The molecule has 0 radical (unpaired) electrons. The predicted molar refractivity (Wildman–Crippen MR) is 47.3 cm³/mol. The van der Waals surface area contributed by atoms with Crippen LogP contribution in [0.2, 0.25) is 0 Å². The maximum Gasteiger partial charge on any atom is 0.248 e. The molecule has 0 spiro atoms. The molecule has 0 aliphatic rings. The third kappa shape index (κ3) is 1.92. The molecule has 0 aromatic heterocycles. The summed E-state index contributed by atoms with van der Waals surface area (Å²) in [5, 5.41) is 0. The fourth-order valence-corrected chi connectivity index (χ4v) is 1.39. The van der Waals surface area contributed by atoms with E-state index in [1.54, 1.807) is 30.5 Å². The average Bonchev–Trinajstić information content (AvgIpc) is 2.04. The highest BCUT2D eigenvalue weighted by Crippen LogP contribution is 2.07. The van der Waals surface area contributed by atoms with Crippen LogP contribution in [0.15, 0.2) is 29.2 Å². The first-order valence-corrected chi connectivity index (χ1v) is 4.90. The fourth-order valence-electron chi connectivity index (χ4n) is 0.828. The van der Waals surface area contributed by atoms with Crippen molar-refractivity contribution in [3.8, 4) is 0 Å². The third-order valence-electron chi connectivity index (χ3n) is 1.45. The van der Waals surface area contributed by atoms with E-state index in [2.05, 4.69) is 0 Å². The highest BCUT2D eigenvalue weighted by atomic mass is 32.2. The molecule has 2 N–H and O–H groups in total. The molecule has 1 unspecified atom stereocenters. The van der Waals surface area contributed by atoms with Gasteiger partial charge in [-0.3, -0.25) is 9.00 Å². The normalized spacial score (nSPS) is 12.4. The van der Waals surface area contributed by atoms with Gasteiger partial charge in [0.05, 0.1) is 0 Å². The van der Waals surface area contributed by atoms with Crippen molar-refractivity contribution in [2.45, 2.75) is 4.90 Å². The van der Waals surface area contributed by atoms with Crippen molar-refractivity contribution in [3.05, 3.63) is 29.8 Å². The van der Waals surface area contributed by atoms with Crippen LogP contribution < -0.4 is 5.73 Å². The Morgan fingerprint density at radius 3 is 2.67 bits per heavy atom. The van der Waals surface area contributed by atoms with Crippen LogP contribution in [0.4, 0.5) is 0 Å². The monoisotopic (exact) mass is 183 g/mol. The van der Waals surface area contributed by atoms with E-state index in [1.807, 2.05) is 0 Å². The summed E-state index contributed by atoms with van der Waals surface area (Å²) in [5.74, 6) is -0.498. The molecule has 1 aromatic carbocycles. The average molecular weight is 183 g/mol. The molecule has 0 fully saturated rings. The van der Waals surface area contributed by atoms with Gasteiger partial charge in [-0.1, -0.05) is 6.07 Å². The Morgan fingerprint density at radius 1 is 1.50 bits per heavy atom. The maximum absolute atomic E-state index is 11.0. The van der Waals surface area contributed by atoms with Crippen LogP contribution in [0.5, 0.6) is 0 Å². The van der Waals surface area contributed by atoms with E-state index < -0.39 is 16.7 Å². The standard InChI is InChI=1S/C8H9NO2S/c1-12(11)7-4-2-3-6(5-7)8(9)10/h2-5H,1H3,(H2,9,10). The Balaban J connectivity index is 3.12. The summed E-state index contributed by atoms with van der Waals surface area (Å²) in [6.07, 6.45) is 1.56. The largest absolute Gasteiger partial charge is 0.366 e. The summed E-state index contributed by atoms with van der Waals surface area (Å²) in [6.45, 7) is 0. The zero-order valence-corrected chi connectivity index (χ0v) is 7.43. The molecule has 12 heavy (non-hydrogen) atoms. The molecule has 64 valence electrons. The van der Waals surface area contributed by atoms with Gasteiger partial charge in [-0.2, -0.15) is 0 Å². The number of nitrogens with two attached hydrogens (primary N) is 1. The zero-order chi connectivity index (χ0) is 9.14. The van der Waals surface area contributed by atoms with Gasteiger partial charge in [0.25, 0.3) is 0 Å². The highest BCUT2D eigenvalue weighted by Gasteiger charge is 2.02. The molecular weight excluding hydrogens is 174 g/mol. The predicted octanol–water partition coefficient (Wildman–Crippen LogP) is 0.523. The molecule has 1 aromatic rings. The van der Waals surface area contributed by atoms with E-state index in [9.17, 15) is 9.00 Å². The molecule has 0 saturated heterocycles. The summed E-state index contributed by atoms with van der Waals surface area (Å²) in [7, 11) is -1.06. The van der Waals surface area contributed by atoms with Gasteiger partial charge >= 0.3 is 0 Å². The summed E-state index contributed by atoms with van der Waals surface area (Å²) in [6, 6.07) is 6.50. The van der Waals surface area contributed by atoms with Gasteiger partial charge < -0.3 is 5.73 Å². The first-order valence-electron chi connectivity index (χ1n) is 3.34. The van der Waals surface area contributed by atoms with Gasteiger partial charge in [-0.15, -0.1) is 0 Å². The second-order valence-electron chi connectivity index (χ2n) is 2.35. The quantitative estimate of drug-likeness (QED) is 0.726. The Bertz CT molecular complexity index is 306. The van der Waals surface area contributed by atoms with Crippen LogP contribution in [0.1, 0.15) is 10.4 Å². The van der Waals surface area contributed by atoms with E-state index >= 15 is 0 Å². The second-order valence-corrected chi connectivity index (χ2v) is 3.73. The van der Waals surface area contributed by atoms with Crippen molar-refractivity contribution in [2.24, 2.45) is 5.73 Å². The highest BCUT2D eigenvalue weighted by molar-refractivity contribution is 7.84. The minimum Gasteiger partial charge on any atom is -0.366 e. The Kier molecular flexibility index (Phi) is 2.60. The van der Waals surface area contributed by atoms with Gasteiger partial charge in [0.15, 0.2) is 0 Å². The fraction of sp³-hybridized carbons (Fsp3) is 0.125. The lowest BCUT2D eigenvalue weighted by molar-refractivity contribution is 0.1000. The van der Waals surface area contributed by atoms with Gasteiger partial charge in [0.2, 0.25) is 5.91 Å². The van der Waals surface area contributed by atoms with Crippen molar-refractivity contribution in [3.63, 3.8) is 0 Å². The lowest BCUT2D eigenvalue weighted by Crippen LogP contribution is -2.10. The molecule has 1 atom stereocenters. The van der Waals surface area contributed by atoms with Crippen LogP contribution >= 0.6 is 0 Å². The Labute approximate surface area is 73.0 Å². The van der Waals surface area contributed by atoms with Crippen molar-refractivity contribution in [1.29, 1.82) is 0 Å². The zero-order valence-electron chi connectivity index (χ0n) is 6.61. The first kappa shape index (κ1) is 8.93. The van der Waals surface area contributed by atoms with E-state index in [0.29, 0.717) is 10.5 Å². The Morgan fingerprint density at radius 2 is 2.17 bits per heavy atom. The lowest BCUT2D eigenvalue weighted by atomic mass is 10.2. The third-order valence-corrected chi connectivity index (χ3v) is 2.37. The number of carbonyl (C=O) groups excluding carboxylic acids is 1. The van der Waals surface area contributed by atoms with E-state index in [1.165, 1.54) is 0 Å². The second kappa shape index (κ2) is 3.49. The van der Waals surface area contributed by atoms with Crippen LogP contribution in [0, 0.1) is 0 Å². The topological polar surface area (TPSA) is 60.2 Å². The van der Waals surface area contributed by atoms with Crippen LogP contribution in [0.25, 0.3) is 0 Å². The number of primary amides is 1. The summed E-state index contributed by atoms with van der Waals surface area (Å²) >= 11 is 0. The first-order chi connectivity index (χ1) is 5.61. The number of hydrogen-bond acceptors (Lipinski definition) is 2. The molecule has 0 bridgehead atoms. The number of rotatable bonds is 2. The van der Waals surface area contributed by atoms with Gasteiger partial charge in [-0.25, -0.2) is 0 Å². The lowest BCUT2D eigenvalue weighted by Gasteiger charge is -1.97. The Hall–Kier alpha value is -1.16. The van der Waals surface area contributed by atoms with Crippen LogP contribution in [-0.4, -0.2) is 16.4 Å². The number of amides is 1. The molecular formula is C8H9NO2S. The molecule has 3 nitrogen and oxygen atoms in total.